The Bertz CT molecular complexity index is 274. The summed E-state index contributed by atoms with van der Waals surface area (Å²) >= 11 is 0. The Hall–Kier alpha value is -0.203. The van der Waals surface area contributed by atoms with E-state index in [1.807, 2.05) is 0 Å². The summed E-state index contributed by atoms with van der Waals surface area (Å²) < 4.78 is 16.4. The van der Waals surface area contributed by atoms with Crippen LogP contribution in [0.15, 0.2) is 12.7 Å². The van der Waals surface area contributed by atoms with Crippen molar-refractivity contribution in [2.75, 3.05) is 20.5 Å². The zero-order valence-electron chi connectivity index (χ0n) is 13.9. The minimum absolute atomic E-state index is 0.179. The van der Waals surface area contributed by atoms with E-state index < -0.39 is 14.4 Å². The predicted octanol–water partition coefficient (Wildman–Crippen LogP) is 3.32. The third kappa shape index (κ3) is 6.99. The van der Waals surface area contributed by atoms with Crippen molar-refractivity contribution >= 4 is 8.32 Å². The maximum Gasteiger partial charge on any atom is 0.191 e. The van der Waals surface area contributed by atoms with Crippen molar-refractivity contribution in [3.63, 3.8) is 0 Å². The topological polar surface area (TPSA) is 47.9 Å². The quantitative estimate of drug-likeness (QED) is 0.291. The number of hydrogen-bond acceptors (Lipinski definition) is 4. The van der Waals surface area contributed by atoms with Gasteiger partial charge < -0.3 is 19.0 Å². The summed E-state index contributed by atoms with van der Waals surface area (Å²) in [6.07, 6.45) is 2.12. The maximum atomic E-state index is 9.80. The van der Waals surface area contributed by atoms with Crippen LogP contribution < -0.4 is 0 Å². The summed E-state index contributed by atoms with van der Waals surface area (Å²) in [4.78, 5) is 0. The fourth-order valence-corrected chi connectivity index (χ4v) is 2.58. The largest absolute Gasteiger partial charge is 0.417 e. The molecule has 4 nitrogen and oxygen atoms in total. The van der Waals surface area contributed by atoms with Gasteiger partial charge in [-0.2, -0.15) is 0 Å². The van der Waals surface area contributed by atoms with E-state index in [0.29, 0.717) is 6.61 Å². The second kappa shape index (κ2) is 8.95. The highest BCUT2D eigenvalue weighted by molar-refractivity contribution is 6.74. The number of aliphatic hydroxyl groups is 1. The fraction of sp³-hybridized carbons (Fsp3) is 0.867. The van der Waals surface area contributed by atoms with Gasteiger partial charge in [-0.1, -0.05) is 26.8 Å². The SMILES string of the molecule is C=C[C@H](O)[C@H](CCCO[Si](C)(C)C(C)(C)C)OCOC. The van der Waals surface area contributed by atoms with E-state index in [1.54, 1.807) is 7.11 Å². The summed E-state index contributed by atoms with van der Waals surface area (Å²) in [6, 6.07) is 0. The van der Waals surface area contributed by atoms with Gasteiger partial charge >= 0.3 is 0 Å². The monoisotopic (exact) mass is 304 g/mol. The summed E-state index contributed by atoms with van der Waals surface area (Å²) in [5.74, 6) is 0. The molecule has 0 amide bonds. The number of rotatable bonds is 10. The van der Waals surface area contributed by atoms with Gasteiger partial charge in [0.2, 0.25) is 0 Å². The number of aliphatic hydroxyl groups excluding tert-OH is 1. The van der Waals surface area contributed by atoms with E-state index >= 15 is 0 Å². The summed E-state index contributed by atoms with van der Waals surface area (Å²) in [5, 5.41) is 10.0. The highest BCUT2D eigenvalue weighted by atomic mass is 28.4. The molecule has 0 saturated heterocycles. The van der Waals surface area contributed by atoms with E-state index in [2.05, 4.69) is 40.4 Å². The van der Waals surface area contributed by atoms with Crippen molar-refractivity contribution in [3.05, 3.63) is 12.7 Å². The molecule has 0 radical (unpaired) electrons. The molecule has 0 unspecified atom stereocenters. The van der Waals surface area contributed by atoms with Crippen LogP contribution in [-0.4, -0.2) is 46.1 Å². The first kappa shape index (κ1) is 19.8. The molecule has 0 saturated carbocycles. The first-order valence-corrected chi connectivity index (χ1v) is 10.1. The van der Waals surface area contributed by atoms with Crippen molar-refractivity contribution < 1.29 is 19.0 Å². The van der Waals surface area contributed by atoms with Crippen LogP contribution in [0, 0.1) is 0 Å². The number of methoxy groups -OCH3 is 1. The molecule has 0 fully saturated rings. The third-order valence-corrected chi connectivity index (χ3v) is 8.46. The third-order valence-electron chi connectivity index (χ3n) is 3.92. The zero-order chi connectivity index (χ0) is 15.8. The second-order valence-electron chi connectivity index (χ2n) is 6.59. The molecule has 0 aromatic rings. The van der Waals surface area contributed by atoms with Crippen LogP contribution in [0.4, 0.5) is 0 Å². The molecule has 0 aliphatic rings. The predicted molar refractivity (Wildman–Crippen MR) is 85.3 cm³/mol. The van der Waals surface area contributed by atoms with E-state index in [4.69, 9.17) is 13.9 Å². The molecule has 0 aliphatic carbocycles. The Kier molecular flexibility index (Phi) is 8.86. The molecule has 1 N–H and O–H groups in total. The second-order valence-corrected chi connectivity index (χ2v) is 11.4. The average Bonchev–Trinajstić information content (AvgIpc) is 2.35. The van der Waals surface area contributed by atoms with Gasteiger partial charge in [0.25, 0.3) is 0 Å². The summed E-state index contributed by atoms with van der Waals surface area (Å²) in [5.41, 5.74) is 0. The molecule has 0 spiro atoms. The normalized spacial score (nSPS) is 15.9. The number of ether oxygens (including phenoxy) is 2. The van der Waals surface area contributed by atoms with E-state index in [1.165, 1.54) is 6.08 Å². The van der Waals surface area contributed by atoms with Crippen molar-refractivity contribution in [2.24, 2.45) is 0 Å². The molecule has 120 valence electrons. The molecule has 0 bridgehead atoms. The maximum absolute atomic E-state index is 9.80. The molecule has 0 heterocycles. The summed E-state index contributed by atoms with van der Waals surface area (Å²) in [6.45, 7) is 15.6. The highest BCUT2D eigenvalue weighted by Crippen LogP contribution is 2.36. The average molecular weight is 305 g/mol. The van der Waals surface area contributed by atoms with Crippen LogP contribution in [0.1, 0.15) is 33.6 Å². The highest BCUT2D eigenvalue weighted by Gasteiger charge is 2.36. The Morgan fingerprint density at radius 1 is 1.30 bits per heavy atom. The Labute approximate surface area is 125 Å². The molecule has 20 heavy (non-hydrogen) atoms. The van der Waals surface area contributed by atoms with Crippen LogP contribution in [-0.2, 0) is 13.9 Å². The smallest absolute Gasteiger partial charge is 0.191 e. The van der Waals surface area contributed by atoms with Gasteiger partial charge in [0.1, 0.15) is 6.79 Å². The van der Waals surface area contributed by atoms with Crippen molar-refractivity contribution in [1.29, 1.82) is 0 Å². The molecule has 0 rings (SSSR count). The van der Waals surface area contributed by atoms with Crippen LogP contribution in [0.25, 0.3) is 0 Å². The van der Waals surface area contributed by atoms with Crippen molar-refractivity contribution in [1.82, 2.24) is 0 Å². The molecule has 5 heteroatoms. The summed E-state index contributed by atoms with van der Waals surface area (Å²) in [7, 11) is -0.119. The van der Waals surface area contributed by atoms with Crippen LogP contribution >= 0.6 is 0 Å². The van der Waals surface area contributed by atoms with Crippen LogP contribution in [0.5, 0.6) is 0 Å². The van der Waals surface area contributed by atoms with Gasteiger partial charge in [-0.15, -0.1) is 6.58 Å². The lowest BCUT2D eigenvalue weighted by molar-refractivity contribution is -0.105. The van der Waals surface area contributed by atoms with Gasteiger partial charge in [-0.05, 0) is 31.0 Å². The molecule has 0 aromatic carbocycles. The number of hydrogen-bond donors (Lipinski definition) is 1. The first-order chi connectivity index (χ1) is 9.15. The van der Waals surface area contributed by atoms with Gasteiger partial charge in [0.05, 0.1) is 12.2 Å². The van der Waals surface area contributed by atoms with Gasteiger partial charge in [0.15, 0.2) is 8.32 Å². The fourth-order valence-electron chi connectivity index (χ4n) is 1.49. The van der Waals surface area contributed by atoms with Gasteiger partial charge in [-0.3, -0.25) is 0 Å². The van der Waals surface area contributed by atoms with Crippen molar-refractivity contribution in [3.8, 4) is 0 Å². The van der Waals surface area contributed by atoms with E-state index in [0.717, 1.165) is 12.8 Å². The van der Waals surface area contributed by atoms with E-state index in [-0.39, 0.29) is 17.9 Å². The minimum Gasteiger partial charge on any atom is -0.417 e. The molecule has 2 atom stereocenters. The lowest BCUT2D eigenvalue weighted by Crippen LogP contribution is -2.41. The standard InChI is InChI=1S/C15H32O4Si/c1-8-13(16)14(18-12-17-5)10-9-11-19-20(6,7)15(2,3)4/h8,13-14,16H,1,9-12H2,2-7H3/t13-,14-/m0/s1. The molecule has 0 aliphatic heterocycles. The van der Waals surface area contributed by atoms with Gasteiger partial charge in [0, 0.05) is 13.7 Å². The van der Waals surface area contributed by atoms with Crippen LogP contribution in [0.2, 0.25) is 18.1 Å². The first-order valence-electron chi connectivity index (χ1n) is 7.21. The minimum atomic E-state index is -1.69. The Morgan fingerprint density at radius 3 is 2.35 bits per heavy atom. The molecular formula is C15H32O4Si. The van der Waals surface area contributed by atoms with Gasteiger partial charge in [-0.25, -0.2) is 0 Å². The molecular weight excluding hydrogens is 272 g/mol. The van der Waals surface area contributed by atoms with Crippen molar-refractivity contribution in [2.45, 2.75) is 64.0 Å². The lowest BCUT2D eigenvalue weighted by atomic mass is 10.1. The lowest BCUT2D eigenvalue weighted by Gasteiger charge is -2.36. The van der Waals surface area contributed by atoms with E-state index in [9.17, 15) is 5.11 Å². The Morgan fingerprint density at radius 2 is 1.90 bits per heavy atom. The van der Waals surface area contributed by atoms with Crippen LogP contribution in [0.3, 0.4) is 0 Å². The Balaban J connectivity index is 4.15. The zero-order valence-corrected chi connectivity index (χ0v) is 14.9. The molecule has 0 aromatic heterocycles.